The van der Waals surface area contributed by atoms with Crippen molar-refractivity contribution in [3.05, 3.63) is 0 Å². The number of hydrogen-bond donors (Lipinski definition) is 0. The molecule has 1 aliphatic carbocycles. The minimum atomic E-state index is 1.10. The van der Waals surface area contributed by atoms with Crippen LogP contribution in [0.15, 0.2) is 0 Å². The average molecular weight is 182 g/mol. The predicted octanol–water partition coefficient (Wildman–Crippen LogP) is 4.78. The third kappa shape index (κ3) is 3.70. The summed E-state index contributed by atoms with van der Waals surface area (Å²) in [5, 5.41) is 0. The van der Waals surface area contributed by atoms with Crippen molar-refractivity contribution in [1.82, 2.24) is 0 Å². The second-order valence-corrected chi connectivity index (χ2v) is 4.74. The lowest BCUT2D eigenvalue weighted by molar-refractivity contribution is 0.331. The molecule has 1 saturated carbocycles. The minimum Gasteiger partial charge on any atom is -0.0654 e. The van der Waals surface area contributed by atoms with Gasteiger partial charge in [0.25, 0.3) is 0 Å². The summed E-state index contributed by atoms with van der Waals surface area (Å²) in [4.78, 5) is 0. The van der Waals surface area contributed by atoms with Gasteiger partial charge in [-0.1, -0.05) is 71.6 Å². The Labute approximate surface area is 84.1 Å². The number of rotatable bonds is 6. The number of hydrogen-bond acceptors (Lipinski definition) is 0. The maximum absolute atomic E-state index is 2.33. The van der Waals surface area contributed by atoms with Gasteiger partial charge in [0.1, 0.15) is 0 Å². The molecule has 0 unspecified atom stereocenters. The van der Waals surface area contributed by atoms with Crippen molar-refractivity contribution in [2.75, 3.05) is 0 Å². The van der Waals surface area contributed by atoms with E-state index in [0.29, 0.717) is 0 Å². The van der Waals surface area contributed by atoms with Crippen LogP contribution in [-0.4, -0.2) is 0 Å². The summed E-state index contributed by atoms with van der Waals surface area (Å²) in [5.41, 5.74) is 0. The first-order valence-electron chi connectivity index (χ1n) is 6.38. The van der Waals surface area contributed by atoms with Crippen LogP contribution >= 0.6 is 0 Å². The highest BCUT2D eigenvalue weighted by molar-refractivity contribution is 4.76. The van der Waals surface area contributed by atoms with Gasteiger partial charge in [0.15, 0.2) is 0 Å². The predicted molar refractivity (Wildman–Crippen MR) is 59.9 cm³/mol. The normalized spacial score (nSPS) is 28.2. The molecular formula is C13H26. The Hall–Kier alpha value is 0. The molecule has 78 valence electrons. The Balaban J connectivity index is 2.15. The van der Waals surface area contributed by atoms with Crippen molar-refractivity contribution in [2.24, 2.45) is 11.8 Å². The lowest BCUT2D eigenvalue weighted by Gasteiger charge is -2.18. The zero-order chi connectivity index (χ0) is 9.52. The van der Waals surface area contributed by atoms with Crippen LogP contribution in [0.5, 0.6) is 0 Å². The molecule has 0 spiro atoms. The largest absolute Gasteiger partial charge is 0.0654 e. The molecule has 1 aliphatic rings. The molecule has 0 aliphatic heterocycles. The van der Waals surface area contributed by atoms with E-state index in [2.05, 4.69) is 13.8 Å². The van der Waals surface area contributed by atoms with Crippen molar-refractivity contribution in [2.45, 2.75) is 71.6 Å². The van der Waals surface area contributed by atoms with Crippen molar-refractivity contribution in [1.29, 1.82) is 0 Å². The molecular weight excluding hydrogens is 156 g/mol. The molecule has 0 radical (unpaired) electrons. The van der Waals surface area contributed by atoms with Gasteiger partial charge in [0, 0.05) is 0 Å². The van der Waals surface area contributed by atoms with E-state index >= 15 is 0 Å². The zero-order valence-electron chi connectivity index (χ0n) is 9.52. The van der Waals surface area contributed by atoms with Crippen molar-refractivity contribution in [3.63, 3.8) is 0 Å². The van der Waals surface area contributed by atoms with Crippen LogP contribution in [0.4, 0.5) is 0 Å². The topological polar surface area (TPSA) is 0 Å². The van der Waals surface area contributed by atoms with Gasteiger partial charge in [-0.2, -0.15) is 0 Å². The lowest BCUT2D eigenvalue weighted by atomic mass is 9.88. The minimum absolute atomic E-state index is 1.10. The average Bonchev–Trinajstić information content (AvgIpc) is 2.54. The fraction of sp³-hybridized carbons (Fsp3) is 1.00. The van der Waals surface area contributed by atoms with Crippen molar-refractivity contribution < 1.29 is 0 Å². The van der Waals surface area contributed by atoms with Crippen LogP contribution in [-0.2, 0) is 0 Å². The first-order chi connectivity index (χ1) is 6.38. The Morgan fingerprint density at radius 1 is 0.846 bits per heavy atom. The SMILES string of the molecule is CCCCC[C@H]1CCC[C@H]1CCC. The summed E-state index contributed by atoms with van der Waals surface area (Å²) >= 11 is 0. The molecule has 0 nitrogen and oxygen atoms in total. The molecule has 1 fully saturated rings. The summed E-state index contributed by atoms with van der Waals surface area (Å²) in [6, 6.07) is 0. The van der Waals surface area contributed by atoms with Crippen LogP contribution in [0.3, 0.4) is 0 Å². The summed E-state index contributed by atoms with van der Waals surface area (Å²) in [6.45, 7) is 4.64. The molecule has 0 aromatic carbocycles. The van der Waals surface area contributed by atoms with Crippen molar-refractivity contribution in [3.8, 4) is 0 Å². The van der Waals surface area contributed by atoms with Gasteiger partial charge in [-0.15, -0.1) is 0 Å². The molecule has 0 saturated heterocycles. The van der Waals surface area contributed by atoms with E-state index in [1.54, 1.807) is 0 Å². The molecule has 0 aromatic rings. The van der Waals surface area contributed by atoms with E-state index in [4.69, 9.17) is 0 Å². The summed E-state index contributed by atoms with van der Waals surface area (Å²) in [5.74, 6) is 2.20. The standard InChI is InChI=1S/C13H26/c1-3-5-6-9-13-11-7-10-12(13)8-4-2/h12-13H,3-11H2,1-2H3/t12-,13+/m1/s1. The molecule has 1 rings (SSSR count). The molecule has 0 amide bonds. The molecule has 0 N–H and O–H groups in total. The molecule has 0 heteroatoms. The van der Waals surface area contributed by atoms with E-state index in [1.165, 1.54) is 57.8 Å². The summed E-state index contributed by atoms with van der Waals surface area (Å²) in [7, 11) is 0. The van der Waals surface area contributed by atoms with Crippen LogP contribution < -0.4 is 0 Å². The number of unbranched alkanes of at least 4 members (excludes halogenated alkanes) is 2. The molecule has 0 aromatic heterocycles. The highest BCUT2D eigenvalue weighted by Gasteiger charge is 2.25. The summed E-state index contributed by atoms with van der Waals surface area (Å²) < 4.78 is 0. The second-order valence-electron chi connectivity index (χ2n) is 4.74. The lowest BCUT2D eigenvalue weighted by Crippen LogP contribution is -2.07. The molecule has 13 heavy (non-hydrogen) atoms. The highest BCUT2D eigenvalue weighted by Crippen LogP contribution is 2.37. The third-order valence-corrected chi connectivity index (χ3v) is 3.65. The van der Waals surface area contributed by atoms with Gasteiger partial charge < -0.3 is 0 Å². The zero-order valence-corrected chi connectivity index (χ0v) is 9.52. The van der Waals surface area contributed by atoms with E-state index < -0.39 is 0 Å². The smallest absolute Gasteiger partial charge is 0.0386 e. The van der Waals surface area contributed by atoms with Gasteiger partial charge in [-0.3, -0.25) is 0 Å². The van der Waals surface area contributed by atoms with Crippen LogP contribution in [0.1, 0.15) is 71.6 Å². The van der Waals surface area contributed by atoms with Crippen molar-refractivity contribution >= 4 is 0 Å². The maximum Gasteiger partial charge on any atom is -0.0386 e. The second kappa shape index (κ2) is 6.45. The molecule has 0 heterocycles. The van der Waals surface area contributed by atoms with E-state index in [0.717, 1.165) is 11.8 Å². The Bertz CT molecular complexity index is 117. The Morgan fingerprint density at radius 3 is 2.15 bits per heavy atom. The molecule has 0 bridgehead atoms. The van der Waals surface area contributed by atoms with Gasteiger partial charge in [0.05, 0.1) is 0 Å². The quantitative estimate of drug-likeness (QED) is 0.518. The Kier molecular flexibility index (Phi) is 5.50. The third-order valence-electron chi connectivity index (χ3n) is 3.65. The van der Waals surface area contributed by atoms with Gasteiger partial charge in [-0.25, -0.2) is 0 Å². The van der Waals surface area contributed by atoms with Crippen LogP contribution in [0.2, 0.25) is 0 Å². The highest BCUT2D eigenvalue weighted by atomic mass is 14.3. The van der Waals surface area contributed by atoms with E-state index in [9.17, 15) is 0 Å². The van der Waals surface area contributed by atoms with Gasteiger partial charge in [0.2, 0.25) is 0 Å². The monoisotopic (exact) mass is 182 g/mol. The van der Waals surface area contributed by atoms with Crippen LogP contribution in [0.25, 0.3) is 0 Å². The fourth-order valence-electron chi connectivity index (χ4n) is 2.90. The Morgan fingerprint density at radius 2 is 1.54 bits per heavy atom. The first kappa shape index (κ1) is 11.1. The van der Waals surface area contributed by atoms with E-state index in [-0.39, 0.29) is 0 Å². The van der Waals surface area contributed by atoms with Gasteiger partial charge >= 0.3 is 0 Å². The fourth-order valence-corrected chi connectivity index (χ4v) is 2.90. The molecule has 2 atom stereocenters. The summed E-state index contributed by atoms with van der Waals surface area (Å²) in [6.07, 6.45) is 13.3. The maximum atomic E-state index is 2.33. The van der Waals surface area contributed by atoms with Gasteiger partial charge in [-0.05, 0) is 11.8 Å². The first-order valence-corrected chi connectivity index (χ1v) is 6.38. The van der Waals surface area contributed by atoms with E-state index in [1.807, 2.05) is 0 Å². The van der Waals surface area contributed by atoms with Crippen LogP contribution in [0, 0.1) is 11.8 Å².